The van der Waals surface area contributed by atoms with Crippen molar-refractivity contribution in [1.82, 2.24) is 0 Å². The zero-order valence-corrected chi connectivity index (χ0v) is 16.7. The van der Waals surface area contributed by atoms with Crippen LogP contribution in [0.5, 0.6) is 0 Å². The van der Waals surface area contributed by atoms with Crippen molar-refractivity contribution in [2.75, 3.05) is 0 Å². The minimum absolute atomic E-state index is 0.0774. The summed E-state index contributed by atoms with van der Waals surface area (Å²) in [5.41, 5.74) is 0. The van der Waals surface area contributed by atoms with E-state index >= 15 is 0 Å². The molecule has 1 aromatic heterocycles. The van der Waals surface area contributed by atoms with Gasteiger partial charge in [0.2, 0.25) is 0 Å². The average molecular weight is 387 g/mol. The SMILES string of the molecule is CCCCCCCC1[C@@H](CCCc2ccc(C(=O)O)s2)C(Cl)C[C@H]1O. The average Bonchev–Trinajstić information content (AvgIpc) is 3.14. The molecule has 0 radical (unpaired) electrons. The molecule has 0 spiro atoms. The predicted molar refractivity (Wildman–Crippen MR) is 105 cm³/mol. The molecular weight excluding hydrogens is 356 g/mol. The molecule has 0 amide bonds. The van der Waals surface area contributed by atoms with Crippen molar-refractivity contribution >= 4 is 28.9 Å². The Morgan fingerprint density at radius 3 is 2.56 bits per heavy atom. The molecule has 1 heterocycles. The third-order valence-corrected chi connectivity index (χ3v) is 7.08. The zero-order chi connectivity index (χ0) is 18.2. The van der Waals surface area contributed by atoms with Crippen LogP contribution in [-0.4, -0.2) is 27.7 Å². The van der Waals surface area contributed by atoms with Crippen LogP contribution in [0.3, 0.4) is 0 Å². The summed E-state index contributed by atoms with van der Waals surface area (Å²) in [6.07, 6.45) is 10.8. The van der Waals surface area contributed by atoms with Crippen molar-refractivity contribution in [1.29, 1.82) is 0 Å². The van der Waals surface area contributed by atoms with Crippen molar-refractivity contribution in [3.8, 4) is 0 Å². The molecule has 2 unspecified atom stereocenters. The van der Waals surface area contributed by atoms with E-state index in [1.54, 1.807) is 6.07 Å². The van der Waals surface area contributed by atoms with Gasteiger partial charge in [-0.3, -0.25) is 0 Å². The van der Waals surface area contributed by atoms with E-state index in [4.69, 9.17) is 16.7 Å². The summed E-state index contributed by atoms with van der Waals surface area (Å²) < 4.78 is 0. The summed E-state index contributed by atoms with van der Waals surface area (Å²) in [4.78, 5) is 12.5. The number of carbonyl (C=O) groups is 1. The highest BCUT2D eigenvalue weighted by Gasteiger charge is 2.40. The number of hydrogen-bond donors (Lipinski definition) is 2. The molecule has 1 aliphatic carbocycles. The Hall–Kier alpha value is -0.580. The van der Waals surface area contributed by atoms with Gasteiger partial charge in [-0.25, -0.2) is 4.79 Å². The summed E-state index contributed by atoms with van der Waals surface area (Å²) in [6, 6.07) is 3.60. The molecule has 2 N–H and O–H groups in total. The first-order valence-corrected chi connectivity index (χ1v) is 10.9. The van der Waals surface area contributed by atoms with Gasteiger partial charge in [-0.2, -0.15) is 0 Å². The molecular formula is C20H31ClO3S. The van der Waals surface area contributed by atoms with Crippen molar-refractivity contribution in [2.24, 2.45) is 11.8 Å². The number of carboxylic acids is 1. The first-order valence-electron chi connectivity index (χ1n) is 9.67. The number of aliphatic hydroxyl groups excluding tert-OH is 1. The van der Waals surface area contributed by atoms with Crippen molar-refractivity contribution < 1.29 is 15.0 Å². The van der Waals surface area contributed by atoms with Crippen LogP contribution in [0.15, 0.2) is 12.1 Å². The maximum absolute atomic E-state index is 11.0. The largest absolute Gasteiger partial charge is 0.477 e. The van der Waals surface area contributed by atoms with Crippen LogP contribution in [0, 0.1) is 11.8 Å². The number of rotatable bonds is 11. The van der Waals surface area contributed by atoms with Crippen molar-refractivity contribution in [2.45, 2.75) is 82.6 Å². The molecule has 0 saturated heterocycles. The maximum atomic E-state index is 11.0. The van der Waals surface area contributed by atoms with Gasteiger partial charge in [0.1, 0.15) is 4.88 Å². The van der Waals surface area contributed by atoms with Gasteiger partial charge in [-0.05, 0) is 56.1 Å². The lowest BCUT2D eigenvalue weighted by Crippen LogP contribution is -2.21. The molecule has 5 heteroatoms. The van der Waals surface area contributed by atoms with Crippen LogP contribution >= 0.6 is 22.9 Å². The Bertz CT molecular complexity index is 531. The van der Waals surface area contributed by atoms with Gasteiger partial charge < -0.3 is 10.2 Å². The van der Waals surface area contributed by atoms with Crippen LogP contribution < -0.4 is 0 Å². The highest BCUT2D eigenvalue weighted by atomic mass is 35.5. The Morgan fingerprint density at radius 2 is 1.88 bits per heavy atom. The minimum atomic E-state index is -0.848. The normalized spacial score (nSPS) is 26.2. The first-order chi connectivity index (χ1) is 12.0. The Kier molecular flexibility index (Phi) is 8.74. The molecule has 1 aromatic rings. The molecule has 0 aliphatic heterocycles. The number of halogens is 1. The molecule has 1 fully saturated rings. The molecule has 0 bridgehead atoms. The number of alkyl halides is 1. The van der Waals surface area contributed by atoms with Gasteiger partial charge in [0, 0.05) is 10.3 Å². The fourth-order valence-electron chi connectivity index (χ4n) is 4.06. The van der Waals surface area contributed by atoms with Gasteiger partial charge in [0.15, 0.2) is 0 Å². The van der Waals surface area contributed by atoms with Crippen LogP contribution in [0.25, 0.3) is 0 Å². The van der Waals surface area contributed by atoms with Crippen LogP contribution in [0.4, 0.5) is 0 Å². The fraction of sp³-hybridized carbons (Fsp3) is 0.750. The predicted octanol–water partition coefficient (Wildman–Crippen LogP) is 5.73. The lowest BCUT2D eigenvalue weighted by atomic mass is 9.86. The smallest absolute Gasteiger partial charge is 0.345 e. The Balaban J connectivity index is 1.77. The maximum Gasteiger partial charge on any atom is 0.345 e. The molecule has 4 atom stereocenters. The molecule has 1 saturated carbocycles. The number of aliphatic hydroxyl groups is 1. The van der Waals surface area contributed by atoms with Crippen LogP contribution in [0.2, 0.25) is 0 Å². The van der Waals surface area contributed by atoms with E-state index in [1.165, 1.54) is 43.4 Å². The molecule has 0 aromatic carbocycles. The first kappa shape index (κ1) is 20.7. The third-order valence-electron chi connectivity index (χ3n) is 5.45. The molecule has 25 heavy (non-hydrogen) atoms. The summed E-state index contributed by atoms with van der Waals surface area (Å²) >= 11 is 7.89. The lowest BCUT2D eigenvalue weighted by molar-refractivity contribution is 0.0702. The highest BCUT2D eigenvalue weighted by Crippen LogP contribution is 2.42. The number of aryl methyl sites for hydroxylation is 1. The monoisotopic (exact) mass is 386 g/mol. The minimum Gasteiger partial charge on any atom is -0.477 e. The van der Waals surface area contributed by atoms with E-state index in [1.807, 2.05) is 6.07 Å². The second-order valence-corrected chi connectivity index (χ2v) is 9.04. The summed E-state index contributed by atoms with van der Waals surface area (Å²) in [5.74, 6) is -0.122. The van der Waals surface area contributed by atoms with E-state index < -0.39 is 5.97 Å². The Labute approximate surface area is 160 Å². The van der Waals surface area contributed by atoms with E-state index in [0.29, 0.717) is 23.1 Å². The number of aromatic carboxylic acids is 1. The second-order valence-electron chi connectivity index (χ2n) is 7.31. The zero-order valence-electron chi connectivity index (χ0n) is 15.1. The summed E-state index contributed by atoms with van der Waals surface area (Å²) in [5, 5.41) is 19.4. The van der Waals surface area contributed by atoms with E-state index in [-0.39, 0.29) is 11.5 Å². The molecule has 142 valence electrons. The lowest BCUT2D eigenvalue weighted by Gasteiger charge is -2.23. The molecule has 2 rings (SSSR count). The summed E-state index contributed by atoms with van der Waals surface area (Å²) in [7, 11) is 0. The van der Waals surface area contributed by atoms with Crippen molar-refractivity contribution in [3.63, 3.8) is 0 Å². The standard InChI is InChI=1S/C20H31ClO3S/c1-2-3-4-5-6-9-16-15(17(21)13-18(16)22)10-7-8-14-11-12-19(25-14)20(23)24/h11-12,15-18,22H,2-10,13H2,1H3,(H,23,24)/t15-,16?,17?,18-/m1/s1. The van der Waals surface area contributed by atoms with E-state index in [0.717, 1.165) is 30.6 Å². The van der Waals surface area contributed by atoms with Gasteiger partial charge in [0.05, 0.1) is 6.10 Å². The third kappa shape index (κ3) is 6.26. The van der Waals surface area contributed by atoms with Gasteiger partial charge in [-0.15, -0.1) is 22.9 Å². The number of hydrogen-bond acceptors (Lipinski definition) is 3. The number of unbranched alkanes of at least 4 members (excludes halogenated alkanes) is 4. The van der Waals surface area contributed by atoms with E-state index in [2.05, 4.69) is 6.92 Å². The summed E-state index contributed by atoms with van der Waals surface area (Å²) in [6.45, 7) is 2.22. The van der Waals surface area contributed by atoms with E-state index in [9.17, 15) is 9.90 Å². The second kappa shape index (κ2) is 10.5. The Morgan fingerprint density at radius 1 is 1.16 bits per heavy atom. The number of carboxylic acid groups (broad SMARTS) is 1. The van der Waals surface area contributed by atoms with Crippen molar-refractivity contribution in [3.05, 3.63) is 21.9 Å². The van der Waals surface area contributed by atoms with Gasteiger partial charge >= 0.3 is 5.97 Å². The van der Waals surface area contributed by atoms with Crippen LogP contribution in [0.1, 0.15) is 79.3 Å². The molecule has 3 nitrogen and oxygen atoms in total. The number of thiophene rings is 1. The molecule has 1 aliphatic rings. The van der Waals surface area contributed by atoms with Gasteiger partial charge in [-0.1, -0.05) is 39.0 Å². The topological polar surface area (TPSA) is 57.5 Å². The highest BCUT2D eigenvalue weighted by molar-refractivity contribution is 7.13. The quantitative estimate of drug-likeness (QED) is 0.377. The fourth-order valence-corrected chi connectivity index (χ4v) is 5.44. The van der Waals surface area contributed by atoms with Gasteiger partial charge in [0.25, 0.3) is 0 Å². The van der Waals surface area contributed by atoms with Crippen LogP contribution in [-0.2, 0) is 6.42 Å².